The van der Waals surface area contributed by atoms with Gasteiger partial charge in [-0.25, -0.2) is 9.59 Å². The predicted molar refractivity (Wildman–Crippen MR) is 141 cm³/mol. The van der Waals surface area contributed by atoms with Crippen LogP contribution >= 0.6 is 0 Å². The van der Waals surface area contributed by atoms with Gasteiger partial charge in [0.25, 0.3) is 0 Å². The summed E-state index contributed by atoms with van der Waals surface area (Å²) in [5.41, 5.74) is -0.767. The highest BCUT2D eigenvalue weighted by Gasteiger charge is 2.70. The SMILES string of the molecule is C[C@]12CC[C@H](OC(=O)OCCN3CCOCC3)C[C@H]1CC[C@@H]1[C@@H]2C[C@@H](O)[C@]2(C)[C@@H](C3=CC(=O)OC3)CC[C@]12O. The van der Waals surface area contributed by atoms with Crippen LogP contribution in [0.15, 0.2) is 11.6 Å². The first-order chi connectivity index (χ1) is 18.6. The lowest BCUT2D eigenvalue weighted by Gasteiger charge is -2.65. The van der Waals surface area contributed by atoms with Crippen LogP contribution in [0.5, 0.6) is 0 Å². The highest BCUT2D eigenvalue weighted by molar-refractivity contribution is 5.85. The first kappa shape index (κ1) is 27.5. The van der Waals surface area contributed by atoms with Crippen LogP contribution in [0.3, 0.4) is 0 Å². The maximum absolute atomic E-state index is 12.4. The zero-order valence-electron chi connectivity index (χ0n) is 23.4. The maximum Gasteiger partial charge on any atom is 0.508 e. The van der Waals surface area contributed by atoms with Crippen molar-refractivity contribution in [3.05, 3.63) is 11.6 Å². The van der Waals surface area contributed by atoms with Crippen molar-refractivity contribution in [3.63, 3.8) is 0 Å². The van der Waals surface area contributed by atoms with Gasteiger partial charge in [0.2, 0.25) is 0 Å². The van der Waals surface area contributed by atoms with Crippen LogP contribution in [-0.4, -0.2) is 91.1 Å². The van der Waals surface area contributed by atoms with E-state index in [1.807, 2.05) is 6.92 Å². The Bertz CT molecular complexity index is 995. The van der Waals surface area contributed by atoms with E-state index in [-0.39, 0.29) is 41.8 Å². The van der Waals surface area contributed by atoms with E-state index in [2.05, 4.69) is 11.8 Å². The number of esters is 1. The molecule has 39 heavy (non-hydrogen) atoms. The summed E-state index contributed by atoms with van der Waals surface area (Å²) in [6.07, 6.45) is 6.62. The number of hydrogen-bond acceptors (Lipinski definition) is 9. The second kappa shape index (κ2) is 10.3. The van der Waals surface area contributed by atoms with Crippen LogP contribution in [-0.2, 0) is 23.7 Å². The van der Waals surface area contributed by atoms with Gasteiger partial charge in [0, 0.05) is 31.1 Å². The number of rotatable bonds is 5. The topological polar surface area (TPSA) is 115 Å². The largest absolute Gasteiger partial charge is 0.508 e. The van der Waals surface area contributed by atoms with Gasteiger partial charge in [0.1, 0.15) is 19.3 Å². The van der Waals surface area contributed by atoms with Crippen LogP contribution in [0.4, 0.5) is 4.79 Å². The van der Waals surface area contributed by atoms with Crippen molar-refractivity contribution in [2.24, 2.45) is 34.5 Å². The molecule has 2 aliphatic heterocycles. The summed E-state index contributed by atoms with van der Waals surface area (Å²) in [5.74, 6) is 0.326. The number of carbonyl (C=O) groups is 2. The first-order valence-electron chi connectivity index (χ1n) is 15.1. The molecule has 0 aromatic rings. The summed E-state index contributed by atoms with van der Waals surface area (Å²) in [4.78, 5) is 26.5. The monoisotopic (exact) mass is 547 g/mol. The molecule has 4 saturated carbocycles. The lowest BCUT2D eigenvalue weighted by Crippen LogP contribution is -2.67. The summed E-state index contributed by atoms with van der Waals surface area (Å²) >= 11 is 0. The Labute approximate surface area is 231 Å². The fourth-order valence-corrected chi connectivity index (χ4v) is 9.71. The van der Waals surface area contributed by atoms with Crippen LogP contribution in [0.1, 0.15) is 65.2 Å². The molecule has 0 bridgehead atoms. The van der Waals surface area contributed by atoms with Gasteiger partial charge in [-0.05, 0) is 86.0 Å². The van der Waals surface area contributed by atoms with Gasteiger partial charge < -0.3 is 29.2 Å². The second-order valence-electron chi connectivity index (χ2n) is 13.4. The molecule has 4 aliphatic carbocycles. The summed E-state index contributed by atoms with van der Waals surface area (Å²) < 4.78 is 21.7. The molecule has 1 saturated heterocycles. The number of carbonyl (C=O) groups excluding carboxylic acids is 2. The Kier molecular flexibility index (Phi) is 7.26. The molecule has 0 aromatic heterocycles. The van der Waals surface area contributed by atoms with E-state index in [4.69, 9.17) is 18.9 Å². The lowest BCUT2D eigenvalue weighted by molar-refractivity contribution is -0.245. The van der Waals surface area contributed by atoms with Crippen molar-refractivity contribution in [3.8, 4) is 0 Å². The van der Waals surface area contributed by atoms with Gasteiger partial charge in [-0.15, -0.1) is 0 Å². The van der Waals surface area contributed by atoms with Crippen LogP contribution in [0.25, 0.3) is 0 Å². The van der Waals surface area contributed by atoms with Crippen molar-refractivity contribution >= 4 is 12.1 Å². The van der Waals surface area contributed by atoms with Crippen molar-refractivity contribution in [2.45, 2.75) is 83.0 Å². The predicted octanol–water partition coefficient (Wildman–Crippen LogP) is 3.07. The number of morpholine rings is 1. The zero-order valence-corrected chi connectivity index (χ0v) is 23.4. The number of hydrogen-bond donors (Lipinski definition) is 2. The summed E-state index contributed by atoms with van der Waals surface area (Å²) in [7, 11) is 0. The minimum absolute atomic E-state index is 0.0230. The molecule has 0 spiro atoms. The molecule has 0 unspecified atom stereocenters. The van der Waals surface area contributed by atoms with Gasteiger partial charge >= 0.3 is 12.1 Å². The zero-order chi connectivity index (χ0) is 27.4. The molecule has 6 rings (SSSR count). The molecule has 6 aliphatic rings. The van der Waals surface area contributed by atoms with E-state index in [1.165, 1.54) is 0 Å². The highest BCUT2D eigenvalue weighted by atomic mass is 16.7. The van der Waals surface area contributed by atoms with E-state index < -0.39 is 23.3 Å². The Morgan fingerprint density at radius 3 is 2.64 bits per heavy atom. The lowest BCUT2D eigenvalue weighted by atomic mass is 9.42. The molecule has 9 atom stereocenters. The van der Waals surface area contributed by atoms with Crippen molar-refractivity contribution in [1.82, 2.24) is 4.90 Å². The van der Waals surface area contributed by atoms with E-state index in [0.29, 0.717) is 31.9 Å². The normalized spacial score (nSPS) is 45.9. The minimum Gasteiger partial charge on any atom is -0.458 e. The Morgan fingerprint density at radius 1 is 1.10 bits per heavy atom. The van der Waals surface area contributed by atoms with Crippen molar-refractivity contribution in [1.29, 1.82) is 0 Å². The number of fused-ring (bicyclic) bond motifs is 5. The van der Waals surface area contributed by atoms with Gasteiger partial charge in [-0.2, -0.15) is 0 Å². The number of cyclic esters (lactones) is 1. The number of aliphatic hydroxyl groups is 2. The average molecular weight is 548 g/mol. The first-order valence-corrected chi connectivity index (χ1v) is 15.1. The summed E-state index contributed by atoms with van der Waals surface area (Å²) in [6, 6.07) is 0. The fourth-order valence-electron chi connectivity index (χ4n) is 9.71. The Hall–Kier alpha value is -1.68. The maximum atomic E-state index is 12.4. The van der Waals surface area contributed by atoms with E-state index >= 15 is 0 Å². The standard InChI is InChI=1S/C30H45NO8/c1-28-7-5-21(39-27(34)37-14-11-31-9-12-36-13-10-31)16-20(28)3-4-23-24(28)17-25(32)29(2)22(6-8-30(23,29)35)19-15-26(33)38-18-19/h15,20-25,32,35H,3-14,16-18H2,1-2H3/t20-,21+,22-,23-,24+,25-,28+,29+,30+/m1/s1. The molecular weight excluding hydrogens is 502 g/mol. The molecule has 2 N–H and O–H groups in total. The molecule has 2 heterocycles. The highest BCUT2D eigenvalue weighted by Crippen LogP contribution is 2.70. The fraction of sp³-hybridized carbons (Fsp3) is 0.867. The van der Waals surface area contributed by atoms with E-state index in [9.17, 15) is 19.8 Å². The minimum atomic E-state index is -0.974. The van der Waals surface area contributed by atoms with Gasteiger partial charge in [-0.1, -0.05) is 13.8 Å². The third-order valence-electron chi connectivity index (χ3n) is 12.0. The molecule has 218 valence electrons. The van der Waals surface area contributed by atoms with Crippen molar-refractivity contribution in [2.75, 3.05) is 46.1 Å². The van der Waals surface area contributed by atoms with Crippen LogP contribution in [0.2, 0.25) is 0 Å². The van der Waals surface area contributed by atoms with Crippen molar-refractivity contribution < 1.29 is 38.7 Å². The van der Waals surface area contributed by atoms with Gasteiger partial charge in [0.05, 0.1) is 24.9 Å². The molecule has 0 amide bonds. The van der Waals surface area contributed by atoms with E-state index in [1.54, 1.807) is 6.08 Å². The molecular formula is C30H45NO8. The summed E-state index contributed by atoms with van der Waals surface area (Å²) in [6.45, 7) is 8.82. The molecule has 5 fully saturated rings. The smallest absolute Gasteiger partial charge is 0.458 e. The van der Waals surface area contributed by atoms with Gasteiger partial charge in [0.15, 0.2) is 0 Å². The quantitative estimate of drug-likeness (QED) is 0.501. The number of aliphatic hydroxyl groups excluding tert-OH is 1. The number of ether oxygens (including phenoxy) is 4. The second-order valence-corrected chi connectivity index (χ2v) is 13.4. The van der Waals surface area contributed by atoms with Gasteiger partial charge in [-0.3, -0.25) is 4.90 Å². The summed E-state index contributed by atoms with van der Waals surface area (Å²) in [5, 5.41) is 24.1. The number of nitrogens with zero attached hydrogens (tertiary/aromatic N) is 1. The Balaban J connectivity index is 1.09. The van der Waals surface area contributed by atoms with Crippen LogP contribution in [0, 0.1) is 34.5 Å². The Morgan fingerprint density at radius 2 is 1.90 bits per heavy atom. The molecule has 9 heteroatoms. The molecule has 0 radical (unpaired) electrons. The van der Waals surface area contributed by atoms with E-state index in [0.717, 1.165) is 70.4 Å². The third kappa shape index (κ3) is 4.52. The average Bonchev–Trinajstić information content (AvgIpc) is 3.46. The molecule has 0 aromatic carbocycles. The van der Waals surface area contributed by atoms with Crippen LogP contribution < -0.4 is 0 Å². The molecule has 9 nitrogen and oxygen atoms in total. The third-order valence-corrected chi connectivity index (χ3v) is 12.0.